The molecule has 0 aliphatic carbocycles. The number of aliphatic hydroxyl groups is 2. The SMILES string of the molecule is CCC[C@@H](O)[C@@H]1Oc2ccccc2[C@@H]1O. The van der Waals surface area contributed by atoms with Crippen LogP contribution in [0.2, 0.25) is 0 Å². The number of aliphatic hydroxyl groups excluding tert-OH is 2. The fourth-order valence-electron chi connectivity index (χ4n) is 1.97. The molecule has 15 heavy (non-hydrogen) atoms. The van der Waals surface area contributed by atoms with E-state index in [9.17, 15) is 10.2 Å². The Kier molecular flexibility index (Phi) is 2.93. The Bertz CT molecular complexity index is 337. The fraction of sp³-hybridized carbons (Fsp3) is 0.500. The second-order valence-corrected chi connectivity index (χ2v) is 3.92. The molecule has 2 N–H and O–H groups in total. The Balaban J connectivity index is 2.16. The molecule has 0 spiro atoms. The van der Waals surface area contributed by atoms with Gasteiger partial charge in [0.05, 0.1) is 6.10 Å². The molecular formula is C12H16O3. The first-order valence-corrected chi connectivity index (χ1v) is 5.35. The molecule has 0 saturated heterocycles. The van der Waals surface area contributed by atoms with E-state index in [0.29, 0.717) is 12.2 Å². The first kappa shape index (κ1) is 10.5. The third-order valence-corrected chi connectivity index (χ3v) is 2.78. The summed E-state index contributed by atoms with van der Waals surface area (Å²) in [4.78, 5) is 0. The lowest BCUT2D eigenvalue weighted by Gasteiger charge is -2.20. The van der Waals surface area contributed by atoms with E-state index in [2.05, 4.69) is 0 Å². The number of benzene rings is 1. The average molecular weight is 208 g/mol. The van der Waals surface area contributed by atoms with Crippen molar-refractivity contribution in [2.24, 2.45) is 0 Å². The van der Waals surface area contributed by atoms with E-state index in [1.807, 2.05) is 31.2 Å². The zero-order valence-electron chi connectivity index (χ0n) is 8.76. The summed E-state index contributed by atoms with van der Waals surface area (Å²) < 4.78 is 5.53. The van der Waals surface area contributed by atoms with Gasteiger partial charge in [-0.05, 0) is 12.5 Å². The lowest BCUT2D eigenvalue weighted by molar-refractivity contribution is -0.0271. The normalized spacial score (nSPS) is 25.8. The van der Waals surface area contributed by atoms with Gasteiger partial charge in [0.25, 0.3) is 0 Å². The molecule has 0 amide bonds. The zero-order valence-corrected chi connectivity index (χ0v) is 8.76. The number of hydrogen-bond donors (Lipinski definition) is 2. The predicted octanol–water partition coefficient (Wildman–Crippen LogP) is 1.64. The molecule has 1 aliphatic heterocycles. The topological polar surface area (TPSA) is 49.7 Å². The molecule has 82 valence electrons. The summed E-state index contributed by atoms with van der Waals surface area (Å²) >= 11 is 0. The van der Waals surface area contributed by atoms with Crippen LogP contribution in [0.3, 0.4) is 0 Å². The number of hydrogen-bond acceptors (Lipinski definition) is 3. The summed E-state index contributed by atoms with van der Waals surface area (Å²) in [5, 5.41) is 19.8. The van der Waals surface area contributed by atoms with Crippen molar-refractivity contribution in [3.8, 4) is 5.75 Å². The number of rotatable bonds is 3. The van der Waals surface area contributed by atoms with E-state index in [0.717, 1.165) is 12.0 Å². The molecule has 0 saturated carbocycles. The highest BCUT2D eigenvalue weighted by atomic mass is 16.5. The second-order valence-electron chi connectivity index (χ2n) is 3.92. The minimum Gasteiger partial charge on any atom is -0.484 e. The predicted molar refractivity (Wildman–Crippen MR) is 56.7 cm³/mol. The Hall–Kier alpha value is -1.06. The molecule has 0 aromatic heterocycles. The van der Waals surface area contributed by atoms with Crippen LogP contribution in [0, 0.1) is 0 Å². The molecule has 0 radical (unpaired) electrons. The monoisotopic (exact) mass is 208 g/mol. The number of para-hydroxylation sites is 1. The van der Waals surface area contributed by atoms with Crippen LogP contribution < -0.4 is 4.74 Å². The van der Waals surface area contributed by atoms with Crippen LogP contribution in [-0.4, -0.2) is 22.4 Å². The van der Waals surface area contributed by atoms with Gasteiger partial charge in [-0.3, -0.25) is 0 Å². The van der Waals surface area contributed by atoms with E-state index in [4.69, 9.17) is 4.74 Å². The van der Waals surface area contributed by atoms with Crippen molar-refractivity contribution in [3.63, 3.8) is 0 Å². The highest BCUT2D eigenvalue weighted by molar-refractivity contribution is 5.39. The molecule has 0 bridgehead atoms. The fourth-order valence-corrected chi connectivity index (χ4v) is 1.97. The van der Waals surface area contributed by atoms with Crippen LogP contribution in [0.5, 0.6) is 5.75 Å². The molecule has 2 rings (SSSR count). The van der Waals surface area contributed by atoms with Gasteiger partial charge < -0.3 is 14.9 Å². The molecule has 3 atom stereocenters. The number of ether oxygens (including phenoxy) is 1. The van der Waals surface area contributed by atoms with Crippen molar-refractivity contribution in [1.82, 2.24) is 0 Å². The Morgan fingerprint density at radius 1 is 1.40 bits per heavy atom. The van der Waals surface area contributed by atoms with Gasteiger partial charge in [0.2, 0.25) is 0 Å². The molecule has 1 heterocycles. The molecular weight excluding hydrogens is 192 g/mol. The lowest BCUT2D eigenvalue weighted by Crippen LogP contribution is -2.33. The van der Waals surface area contributed by atoms with Crippen molar-refractivity contribution < 1.29 is 14.9 Å². The number of fused-ring (bicyclic) bond motifs is 1. The second kappa shape index (κ2) is 4.21. The molecule has 0 unspecified atom stereocenters. The standard InChI is InChI=1S/C12H16O3/c1-2-5-9(13)12-11(14)8-6-3-4-7-10(8)15-12/h3-4,6-7,9,11-14H,2,5H2,1H3/t9-,11+,12+/m1/s1. The minimum atomic E-state index is -0.706. The highest BCUT2D eigenvalue weighted by Gasteiger charge is 2.36. The van der Waals surface area contributed by atoms with E-state index >= 15 is 0 Å². The summed E-state index contributed by atoms with van der Waals surface area (Å²) in [6.07, 6.45) is -0.290. The molecule has 3 nitrogen and oxygen atoms in total. The van der Waals surface area contributed by atoms with E-state index in [-0.39, 0.29) is 0 Å². The highest BCUT2D eigenvalue weighted by Crippen LogP contribution is 2.38. The van der Waals surface area contributed by atoms with Gasteiger partial charge in [-0.2, -0.15) is 0 Å². The van der Waals surface area contributed by atoms with Crippen molar-refractivity contribution >= 4 is 0 Å². The third-order valence-electron chi connectivity index (χ3n) is 2.78. The molecule has 1 aromatic rings. The van der Waals surface area contributed by atoms with Crippen molar-refractivity contribution in [1.29, 1.82) is 0 Å². The molecule has 3 heteroatoms. The van der Waals surface area contributed by atoms with Gasteiger partial charge >= 0.3 is 0 Å². The van der Waals surface area contributed by atoms with Crippen molar-refractivity contribution in [2.45, 2.75) is 38.1 Å². The van der Waals surface area contributed by atoms with Crippen LogP contribution in [0.1, 0.15) is 31.4 Å². The van der Waals surface area contributed by atoms with Crippen LogP contribution in [0.25, 0.3) is 0 Å². The largest absolute Gasteiger partial charge is 0.484 e. The molecule has 1 aromatic carbocycles. The molecule has 1 aliphatic rings. The van der Waals surface area contributed by atoms with Crippen molar-refractivity contribution in [3.05, 3.63) is 29.8 Å². The zero-order chi connectivity index (χ0) is 10.8. The van der Waals surface area contributed by atoms with E-state index in [1.165, 1.54) is 0 Å². The van der Waals surface area contributed by atoms with E-state index < -0.39 is 18.3 Å². The summed E-state index contributed by atoms with van der Waals surface area (Å²) in [6.45, 7) is 2.00. The van der Waals surface area contributed by atoms with Gasteiger partial charge in [-0.15, -0.1) is 0 Å². The Morgan fingerprint density at radius 2 is 2.13 bits per heavy atom. The van der Waals surface area contributed by atoms with Crippen LogP contribution in [0.15, 0.2) is 24.3 Å². The lowest BCUT2D eigenvalue weighted by atomic mass is 10.0. The maximum Gasteiger partial charge on any atom is 0.154 e. The molecule has 0 fully saturated rings. The van der Waals surface area contributed by atoms with E-state index in [1.54, 1.807) is 0 Å². The van der Waals surface area contributed by atoms with Gasteiger partial charge in [0.15, 0.2) is 6.10 Å². The van der Waals surface area contributed by atoms with Gasteiger partial charge in [0.1, 0.15) is 11.9 Å². The summed E-state index contributed by atoms with van der Waals surface area (Å²) in [6, 6.07) is 7.37. The smallest absolute Gasteiger partial charge is 0.154 e. The first-order chi connectivity index (χ1) is 7.24. The minimum absolute atomic E-state index is 0.512. The summed E-state index contributed by atoms with van der Waals surface area (Å²) in [5.41, 5.74) is 0.776. The van der Waals surface area contributed by atoms with Crippen LogP contribution in [-0.2, 0) is 0 Å². The van der Waals surface area contributed by atoms with Gasteiger partial charge in [0, 0.05) is 5.56 Å². The Morgan fingerprint density at radius 3 is 2.80 bits per heavy atom. The summed E-state index contributed by atoms with van der Waals surface area (Å²) in [7, 11) is 0. The summed E-state index contributed by atoms with van der Waals surface area (Å²) in [5.74, 6) is 0.685. The Labute approximate surface area is 89.3 Å². The van der Waals surface area contributed by atoms with Gasteiger partial charge in [-0.1, -0.05) is 31.5 Å². The van der Waals surface area contributed by atoms with Gasteiger partial charge in [-0.25, -0.2) is 0 Å². The first-order valence-electron chi connectivity index (χ1n) is 5.35. The van der Waals surface area contributed by atoms with Crippen LogP contribution >= 0.6 is 0 Å². The maximum atomic E-state index is 9.95. The van der Waals surface area contributed by atoms with Crippen LogP contribution in [0.4, 0.5) is 0 Å². The van der Waals surface area contributed by atoms with Crippen molar-refractivity contribution in [2.75, 3.05) is 0 Å². The average Bonchev–Trinajstić information content (AvgIpc) is 2.57. The maximum absolute atomic E-state index is 9.95. The third kappa shape index (κ3) is 1.85. The quantitative estimate of drug-likeness (QED) is 0.794.